The van der Waals surface area contributed by atoms with Gasteiger partial charge in [0.25, 0.3) is 7.82 Å². The number of nitrogens with zero attached hydrogens (tertiary/aromatic N) is 1. The van der Waals surface area contributed by atoms with Gasteiger partial charge in [0.15, 0.2) is 6.10 Å². The van der Waals surface area contributed by atoms with Crippen LogP contribution in [0.1, 0.15) is 245 Å². The molecule has 0 N–H and O–H groups in total. The number of rotatable bonds is 55. The van der Waals surface area contributed by atoms with Gasteiger partial charge in [-0.05, 0) is 77.0 Å². The molecule has 0 aromatic rings. The lowest BCUT2D eigenvalue weighted by atomic mass is 10.0. The van der Waals surface area contributed by atoms with Gasteiger partial charge in [0.2, 0.25) is 0 Å². The number of ether oxygens (including phenoxy) is 2. The molecule has 10 heteroatoms. The molecule has 0 radical (unpaired) electrons. The molecule has 0 aromatic heterocycles. The van der Waals surface area contributed by atoms with E-state index in [1.807, 2.05) is 27.2 Å². The molecule has 0 heterocycles. The van der Waals surface area contributed by atoms with Crippen LogP contribution in [0.5, 0.6) is 0 Å². The average Bonchev–Trinajstić information content (AvgIpc) is 3.38. The lowest BCUT2D eigenvalue weighted by Gasteiger charge is -2.28. The normalized spacial score (nSPS) is 14.0. The molecule has 0 rings (SSSR count). The Bertz CT molecular complexity index is 1650. The Morgan fingerprint density at radius 3 is 1.11 bits per heavy atom. The minimum Gasteiger partial charge on any atom is -0.756 e. The summed E-state index contributed by atoms with van der Waals surface area (Å²) in [5.74, 6) is -0.902. The van der Waals surface area contributed by atoms with E-state index in [1.54, 1.807) is 0 Å². The van der Waals surface area contributed by atoms with Crippen molar-refractivity contribution < 1.29 is 42.1 Å². The molecule has 0 amide bonds. The summed E-state index contributed by atoms with van der Waals surface area (Å²) in [6, 6.07) is 0. The van der Waals surface area contributed by atoms with E-state index in [0.717, 1.165) is 77.0 Å². The van der Waals surface area contributed by atoms with Gasteiger partial charge in [0, 0.05) is 12.8 Å². The van der Waals surface area contributed by atoms with E-state index in [2.05, 4.69) is 117 Å². The van der Waals surface area contributed by atoms with Crippen LogP contribution in [-0.4, -0.2) is 70.0 Å². The van der Waals surface area contributed by atoms with Crippen LogP contribution in [0.15, 0.2) is 109 Å². The molecule has 436 valence electrons. The van der Waals surface area contributed by atoms with Crippen molar-refractivity contribution in [2.45, 2.75) is 251 Å². The lowest BCUT2D eigenvalue weighted by Crippen LogP contribution is -2.37. The van der Waals surface area contributed by atoms with Gasteiger partial charge >= 0.3 is 11.9 Å². The molecule has 2 atom stereocenters. The highest BCUT2D eigenvalue weighted by Gasteiger charge is 2.21. The second-order valence-corrected chi connectivity index (χ2v) is 22.8. The minimum absolute atomic E-state index is 0.0463. The zero-order chi connectivity index (χ0) is 55.6. The number of hydrogen-bond acceptors (Lipinski definition) is 8. The van der Waals surface area contributed by atoms with Crippen molar-refractivity contribution in [2.24, 2.45) is 0 Å². The molecule has 0 spiro atoms. The fourth-order valence-electron chi connectivity index (χ4n) is 8.13. The van der Waals surface area contributed by atoms with Gasteiger partial charge in [-0.2, -0.15) is 0 Å². The molecule has 0 aliphatic carbocycles. The van der Waals surface area contributed by atoms with E-state index in [0.29, 0.717) is 23.9 Å². The van der Waals surface area contributed by atoms with Gasteiger partial charge in [-0.25, -0.2) is 0 Å². The highest BCUT2D eigenvalue weighted by molar-refractivity contribution is 7.45. The third kappa shape index (κ3) is 59.9. The summed E-state index contributed by atoms with van der Waals surface area (Å²) < 4.78 is 34.1. The van der Waals surface area contributed by atoms with Crippen LogP contribution in [0.3, 0.4) is 0 Å². The summed E-state index contributed by atoms with van der Waals surface area (Å²) in [7, 11) is 1.12. The molecule has 9 nitrogen and oxygen atoms in total. The highest BCUT2D eigenvalue weighted by atomic mass is 31.2. The summed E-state index contributed by atoms with van der Waals surface area (Å²) in [5, 5.41) is 0. The summed E-state index contributed by atoms with van der Waals surface area (Å²) in [5.41, 5.74) is 0. The minimum atomic E-state index is -4.66. The van der Waals surface area contributed by atoms with E-state index < -0.39 is 32.5 Å². The zero-order valence-corrected chi connectivity index (χ0v) is 50.3. The molecule has 0 aromatic carbocycles. The van der Waals surface area contributed by atoms with Crippen LogP contribution in [0.25, 0.3) is 0 Å². The van der Waals surface area contributed by atoms with Crippen molar-refractivity contribution >= 4 is 19.8 Å². The maximum atomic E-state index is 12.8. The Balaban J connectivity index is 4.27. The number of hydrogen-bond donors (Lipinski definition) is 0. The molecule has 0 aliphatic rings. The number of likely N-dealkylation sites (N-methyl/N-ethyl adjacent to an activating group) is 1. The number of carbonyl (C=O) groups excluding carboxylic acids is 2. The number of phosphoric ester groups is 1. The number of allylic oxidation sites excluding steroid dienone is 18. The molecule has 0 saturated heterocycles. The number of phosphoric acid groups is 1. The second-order valence-electron chi connectivity index (χ2n) is 21.3. The third-order valence-corrected chi connectivity index (χ3v) is 13.8. The SMILES string of the molecule is CC/C=C\C/C=C\C/C=C\C/C=C\C/C=C\C/C=C\C/C=C\C/C=C\C/C=C\CCCC(=O)OC(COC(=O)CCCCCCCCCCCCCCCCCCCCCCCCC)COP(=O)([O-])OCC[N+](C)(C)C. The van der Waals surface area contributed by atoms with E-state index in [-0.39, 0.29) is 26.1 Å². The first-order valence-corrected chi connectivity index (χ1v) is 32.1. The largest absolute Gasteiger partial charge is 0.756 e. The highest BCUT2D eigenvalue weighted by Crippen LogP contribution is 2.38. The van der Waals surface area contributed by atoms with E-state index >= 15 is 0 Å². The third-order valence-electron chi connectivity index (χ3n) is 12.8. The first-order chi connectivity index (χ1) is 37.0. The second kappa shape index (κ2) is 56.4. The first kappa shape index (κ1) is 72.7. The topological polar surface area (TPSA) is 111 Å². The summed E-state index contributed by atoms with van der Waals surface area (Å²) in [6.07, 6.45) is 78.7. The quantitative estimate of drug-likeness (QED) is 0.0195. The maximum absolute atomic E-state index is 12.8. The molecule has 2 unspecified atom stereocenters. The Morgan fingerprint density at radius 1 is 0.421 bits per heavy atom. The zero-order valence-electron chi connectivity index (χ0n) is 49.4. The molecule has 0 aliphatic heterocycles. The molecular formula is C66H114NO8P. The van der Waals surface area contributed by atoms with Crippen LogP contribution in [-0.2, 0) is 32.7 Å². The fourth-order valence-corrected chi connectivity index (χ4v) is 8.86. The predicted octanol–water partition coefficient (Wildman–Crippen LogP) is 18.7. The fraction of sp³-hybridized carbons (Fsp3) is 0.697. The summed E-state index contributed by atoms with van der Waals surface area (Å²) in [6.45, 7) is 4.07. The van der Waals surface area contributed by atoms with Crippen molar-refractivity contribution in [3.05, 3.63) is 109 Å². The van der Waals surface area contributed by atoms with E-state index in [9.17, 15) is 19.0 Å². The number of carbonyl (C=O) groups is 2. The average molecular weight is 1080 g/mol. The molecule has 0 saturated carbocycles. The van der Waals surface area contributed by atoms with Crippen LogP contribution >= 0.6 is 7.82 Å². The van der Waals surface area contributed by atoms with Crippen LogP contribution in [0, 0.1) is 0 Å². The smallest absolute Gasteiger partial charge is 0.306 e. The van der Waals surface area contributed by atoms with Crippen molar-refractivity contribution in [2.75, 3.05) is 47.5 Å². The Kier molecular flexibility index (Phi) is 53.9. The van der Waals surface area contributed by atoms with E-state index in [1.165, 1.54) is 128 Å². The van der Waals surface area contributed by atoms with Crippen molar-refractivity contribution in [1.29, 1.82) is 0 Å². The number of quaternary nitrogens is 1. The van der Waals surface area contributed by atoms with Crippen LogP contribution < -0.4 is 4.89 Å². The maximum Gasteiger partial charge on any atom is 0.306 e. The Hall–Kier alpha value is -3.33. The first-order valence-electron chi connectivity index (χ1n) is 30.6. The Labute approximate surface area is 467 Å². The van der Waals surface area contributed by atoms with Gasteiger partial charge in [-0.15, -0.1) is 0 Å². The molecule has 76 heavy (non-hydrogen) atoms. The summed E-state index contributed by atoms with van der Waals surface area (Å²) in [4.78, 5) is 37.9. The number of esters is 2. The van der Waals surface area contributed by atoms with E-state index in [4.69, 9.17) is 18.5 Å². The van der Waals surface area contributed by atoms with Gasteiger partial charge in [-0.1, -0.05) is 264 Å². The number of unbranched alkanes of at least 4 members (excludes halogenated alkanes) is 23. The predicted molar refractivity (Wildman–Crippen MR) is 323 cm³/mol. The lowest BCUT2D eigenvalue weighted by molar-refractivity contribution is -0.870. The van der Waals surface area contributed by atoms with Crippen LogP contribution in [0.2, 0.25) is 0 Å². The molecular weight excluding hydrogens is 966 g/mol. The Morgan fingerprint density at radius 2 is 0.750 bits per heavy atom. The molecule has 0 bridgehead atoms. The molecule has 0 fully saturated rings. The summed E-state index contributed by atoms with van der Waals surface area (Å²) >= 11 is 0. The van der Waals surface area contributed by atoms with Crippen molar-refractivity contribution in [1.82, 2.24) is 0 Å². The monoisotopic (exact) mass is 1080 g/mol. The van der Waals surface area contributed by atoms with Gasteiger partial charge < -0.3 is 27.9 Å². The van der Waals surface area contributed by atoms with Crippen molar-refractivity contribution in [3.8, 4) is 0 Å². The van der Waals surface area contributed by atoms with Crippen LogP contribution in [0.4, 0.5) is 0 Å². The van der Waals surface area contributed by atoms with Gasteiger partial charge in [0.1, 0.15) is 19.8 Å². The van der Waals surface area contributed by atoms with Gasteiger partial charge in [0.05, 0.1) is 27.7 Å². The van der Waals surface area contributed by atoms with Gasteiger partial charge in [-0.3, -0.25) is 14.2 Å². The standard InChI is InChI=1S/C66H114NO8P/c1-6-8-10-12-14-16-18-20-22-24-26-28-30-31-32-33-34-35-37-39-41-43-45-47-49-51-53-55-57-59-66(69)75-64(63-74-76(70,71)73-61-60-67(3,4)5)62-72-65(68)58-56-54-52-50-48-46-44-42-40-38-36-29-27-25-23-21-19-17-15-13-11-9-7-2/h8,10,14,16,20,22,26,28,31-32,34-35,39,41,45,47,51,53,64H,6-7,9,11-13,15,17-19,21,23-25,27,29-30,33,36-38,40,42-44,46,48-50,52,54-63H2,1-5H3/b10-8-,16-14-,22-20-,28-26-,32-31-,35-34-,41-39-,47-45-,53-51-. The van der Waals surface area contributed by atoms with Crippen molar-refractivity contribution in [3.63, 3.8) is 0 Å².